The van der Waals surface area contributed by atoms with Crippen LogP contribution in [0.5, 0.6) is 0 Å². The summed E-state index contributed by atoms with van der Waals surface area (Å²) < 4.78 is 0. The second-order valence-corrected chi connectivity index (χ2v) is 13.7. The summed E-state index contributed by atoms with van der Waals surface area (Å²) in [5.41, 5.74) is 1.05. The Morgan fingerprint density at radius 3 is 1.91 bits per heavy atom. The minimum atomic E-state index is -1.51. The van der Waals surface area contributed by atoms with Gasteiger partial charge in [0.15, 0.2) is 6.10 Å². The van der Waals surface area contributed by atoms with Crippen LogP contribution in [0.4, 0.5) is 0 Å². The van der Waals surface area contributed by atoms with E-state index in [-0.39, 0.29) is 25.2 Å². The van der Waals surface area contributed by atoms with Gasteiger partial charge in [-0.1, -0.05) is 93.6 Å². The number of aliphatic carboxylic acids is 2. The highest BCUT2D eigenvalue weighted by molar-refractivity contribution is 5.94. The molecule has 0 saturated carbocycles. The van der Waals surface area contributed by atoms with Gasteiger partial charge in [0, 0.05) is 18.8 Å². The first kappa shape index (κ1) is 42.1. The molecule has 0 saturated heterocycles. The number of amides is 4. The molecule has 0 radical (unpaired) electrons. The first-order valence-electron chi connectivity index (χ1n) is 17.6. The van der Waals surface area contributed by atoms with E-state index >= 15 is 0 Å². The summed E-state index contributed by atoms with van der Waals surface area (Å²) in [5, 5.41) is 52.7. The zero-order valence-electron chi connectivity index (χ0n) is 30.3. The lowest BCUT2D eigenvalue weighted by atomic mass is 9.92. The van der Waals surface area contributed by atoms with Crippen LogP contribution in [0.15, 0.2) is 72.8 Å². The van der Waals surface area contributed by atoms with Gasteiger partial charge in [0.25, 0.3) is 5.91 Å². The fourth-order valence-electron chi connectivity index (χ4n) is 5.92. The monoisotopic (exact) mass is 734 g/mol. The largest absolute Gasteiger partial charge is 0.481 e. The van der Waals surface area contributed by atoms with Crippen LogP contribution < -0.4 is 21.3 Å². The third-order valence-corrected chi connectivity index (χ3v) is 8.86. The lowest BCUT2D eigenvalue weighted by molar-refractivity contribution is -0.143. The molecule has 4 amide bonds. The van der Waals surface area contributed by atoms with Crippen LogP contribution in [0.25, 0.3) is 10.8 Å². The average Bonchev–Trinajstić information content (AvgIpc) is 3.11. The molecule has 53 heavy (non-hydrogen) atoms. The molecule has 3 aromatic rings. The van der Waals surface area contributed by atoms with Gasteiger partial charge >= 0.3 is 11.9 Å². The van der Waals surface area contributed by atoms with Gasteiger partial charge in [0.1, 0.15) is 18.1 Å². The molecule has 3 aromatic carbocycles. The number of hydrogen-bond donors (Lipinski definition) is 8. The van der Waals surface area contributed by atoms with E-state index in [0.29, 0.717) is 22.9 Å². The zero-order valence-corrected chi connectivity index (χ0v) is 30.3. The molecule has 7 atom stereocenters. The Morgan fingerprint density at radius 2 is 1.26 bits per heavy atom. The van der Waals surface area contributed by atoms with Crippen molar-refractivity contribution in [1.29, 1.82) is 0 Å². The molecule has 0 aliphatic heterocycles. The number of nitrogens with one attached hydrogen (secondary N) is 4. The Labute approximate surface area is 308 Å². The molecule has 0 spiro atoms. The minimum absolute atomic E-state index is 0.0351. The van der Waals surface area contributed by atoms with Crippen molar-refractivity contribution in [3.8, 4) is 0 Å². The first-order chi connectivity index (χ1) is 25.1. The quantitative estimate of drug-likeness (QED) is 0.0845. The molecule has 8 N–H and O–H groups in total. The summed E-state index contributed by atoms with van der Waals surface area (Å²) in [6, 6.07) is 16.3. The van der Waals surface area contributed by atoms with Gasteiger partial charge in [-0.05, 0) is 54.0 Å². The Kier molecular flexibility index (Phi) is 15.9. The maximum absolute atomic E-state index is 13.2. The van der Waals surface area contributed by atoms with Crippen LogP contribution in [0.3, 0.4) is 0 Å². The van der Waals surface area contributed by atoms with E-state index in [9.17, 15) is 49.2 Å². The molecule has 14 nitrogen and oxygen atoms in total. The summed E-state index contributed by atoms with van der Waals surface area (Å²) in [7, 11) is 0. The van der Waals surface area contributed by atoms with Crippen LogP contribution in [0.2, 0.25) is 0 Å². The first-order valence-corrected chi connectivity index (χ1v) is 17.6. The van der Waals surface area contributed by atoms with Crippen LogP contribution in [0.1, 0.15) is 70.6 Å². The Balaban J connectivity index is 1.62. The molecular formula is C39H50N4O10. The summed E-state index contributed by atoms with van der Waals surface area (Å²) in [6.07, 6.45) is -3.37. The Bertz CT molecular complexity index is 1730. The third kappa shape index (κ3) is 13.0. The molecule has 0 bridgehead atoms. The number of aliphatic hydroxyl groups is 2. The maximum Gasteiger partial charge on any atom is 0.326 e. The number of fused-ring (bicyclic) bond motifs is 1. The van der Waals surface area contributed by atoms with Crippen molar-refractivity contribution >= 4 is 46.3 Å². The predicted octanol–water partition coefficient (Wildman–Crippen LogP) is 2.46. The highest BCUT2D eigenvalue weighted by Gasteiger charge is 2.32. The van der Waals surface area contributed by atoms with Crippen molar-refractivity contribution < 1.29 is 49.2 Å². The molecular weight excluding hydrogens is 684 g/mol. The second-order valence-electron chi connectivity index (χ2n) is 13.7. The van der Waals surface area contributed by atoms with Crippen molar-refractivity contribution in [3.63, 3.8) is 0 Å². The van der Waals surface area contributed by atoms with Crippen molar-refractivity contribution in [3.05, 3.63) is 83.9 Å². The summed E-state index contributed by atoms with van der Waals surface area (Å²) in [5.74, 6) is -6.41. The Hall–Kier alpha value is -5.34. The number of carboxylic acid groups (broad SMARTS) is 2. The van der Waals surface area contributed by atoms with E-state index in [2.05, 4.69) is 21.3 Å². The van der Waals surface area contributed by atoms with Gasteiger partial charge in [0.05, 0.1) is 12.1 Å². The van der Waals surface area contributed by atoms with E-state index in [1.807, 2.05) is 32.0 Å². The second kappa shape index (κ2) is 20.0. The van der Waals surface area contributed by atoms with Gasteiger partial charge in [-0.3, -0.25) is 24.0 Å². The fraction of sp³-hybridized carbons (Fsp3) is 0.436. The Morgan fingerprint density at radius 1 is 0.642 bits per heavy atom. The molecule has 286 valence electrons. The molecule has 0 aliphatic rings. The number of carbonyl (C=O) groups excluding carboxylic acids is 4. The molecule has 0 aromatic heterocycles. The molecule has 3 rings (SSSR count). The van der Waals surface area contributed by atoms with Gasteiger partial charge in [-0.2, -0.15) is 0 Å². The summed E-state index contributed by atoms with van der Waals surface area (Å²) in [4.78, 5) is 75.8. The number of rotatable bonds is 20. The highest BCUT2D eigenvalue weighted by atomic mass is 16.4. The zero-order chi connectivity index (χ0) is 39.2. The SMILES string of the molecule is CC(C)CC(NC(=O)C(O)c1cccc2ccccc12)C(O)CC(C)C(=O)NC(C)C(=O)NC(CCC(=O)O)C(=O)NC(Cc1ccccc1)C(=O)O. The van der Waals surface area contributed by atoms with Crippen LogP contribution in [0, 0.1) is 11.8 Å². The standard InChI is InChI=1S/C39H50N4O10/c1-22(2)19-30(42-38(51)34(47)28-16-10-14-26-13-8-9-15-27(26)28)32(44)20-23(3)35(48)40-24(4)36(49)41-29(17-18-33(45)46)37(50)43-31(39(52)53)21-25-11-6-5-7-12-25/h5-16,22-24,29-32,34,44,47H,17-21H2,1-4H3,(H,40,48)(H,41,49)(H,42,51)(H,43,50)(H,45,46)(H,52,53). The number of aliphatic hydroxyl groups excluding tert-OH is 2. The van der Waals surface area contributed by atoms with Gasteiger partial charge in [0.2, 0.25) is 17.7 Å². The van der Waals surface area contributed by atoms with E-state index in [0.717, 1.165) is 5.39 Å². The van der Waals surface area contributed by atoms with Crippen molar-refractivity contribution in [2.45, 2.75) is 96.2 Å². The number of carboxylic acids is 2. The van der Waals surface area contributed by atoms with Crippen molar-refractivity contribution in [1.82, 2.24) is 21.3 Å². The van der Waals surface area contributed by atoms with Crippen molar-refractivity contribution in [2.75, 3.05) is 0 Å². The predicted molar refractivity (Wildman–Crippen MR) is 196 cm³/mol. The normalized spacial score (nSPS) is 15.2. The van der Waals surface area contributed by atoms with Crippen LogP contribution in [-0.2, 0) is 35.2 Å². The number of carbonyl (C=O) groups is 6. The molecule has 0 fully saturated rings. The minimum Gasteiger partial charge on any atom is -0.481 e. The lowest BCUT2D eigenvalue weighted by Crippen LogP contribution is -2.56. The topological polar surface area (TPSA) is 231 Å². The van der Waals surface area contributed by atoms with E-state index in [1.165, 1.54) is 13.8 Å². The van der Waals surface area contributed by atoms with Gasteiger partial charge in [-0.25, -0.2) is 4.79 Å². The van der Waals surface area contributed by atoms with E-state index in [4.69, 9.17) is 0 Å². The smallest absolute Gasteiger partial charge is 0.326 e. The van der Waals surface area contributed by atoms with Crippen LogP contribution in [-0.4, -0.2) is 86.3 Å². The highest BCUT2D eigenvalue weighted by Crippen LogP contribution is 2.25. The lowest BCUT2D eigenvalue weighted by Gasteiger charge is -2.29. The molecule has 0 aliphatic carbocycles. The van der Waals surface area contributed by atoms with E-state index in [1.54, 1.807) is 54.6 Å². The number of hydrogen-bond acceptors (Lipinski definition) is 8. The fourth-order valence-corrected chi connectivity index (χ4v) is 5.92. The van der Waals surface area contributed by atoms with E-state index < -0.39 is 84.3 Å². The number of benzene rings is 3. The molecule has 0 heterocycles. The molecule has 14 heteroatoms. The maximum atomic E-state index is 13.2. The average molecular weight is 735 g/mol. The molecule has 7 unspecified atom stereocenters. The third-order valence-electron chi connectivity index (χ3n) is 8.86. The van der Waals surface area contributed by atoms with Crippen molar-refractivity contribution in [2.24, 2.45) is 11.8 Å². The van der Waals surface area contributed by atoms with Gasteiger partial charge in [-0.15, -0.1) is 0 Å². The summed E-state index contributed by atoms with van der Waals surface area (Å²) in [6.45, 7) is 6.69. The van der Waals surface area contributed by atoms with Crippen LogP contribution >= 0.6 is 0 Å². The summed E-state index contributed by atoms with van der Waals surface area (Å²) >= 11 is 0. The van der Waals surface area contributed by atoms with Gasteiger partial charge < -0.3 is 41.7 Å².